The van der Waals surface area contributed by atoms with Crippen LogP contribution in [0.15, 0.2) is 84.6 Å². The minimum atomic E-state index is -0.248. The summed E-state index contributed by atoms with van der Waals surface area (Å²) in [6, 6.07) is 22.9. The van der Waals surface area contributed by atoms with Gasteiger partial charge in [0.15, 0.2) is 0 Å². The van der Waals surface area contributed by atoms with E-state index in [-0.39, 0.29) is 17.4 Å². The summed E-state index contributed by atoms with van der Waals surface area (Å²) in [6.07, 6.45) is 1.95. The van der Waals surface area contributed by atoms with Gasteiger partial charge in [0.2, 0.25) is 0 Å². The maximum Gasteiger partial charge on any atom is 0.275 e. The van der Waals surface area contributed by atoms with Gasteiger partial charge in [0.1, 0.15) is 5.70 Å². The quantitative estimate of drug-likeness (QED) is 0.449. The van der Waals surface area contributed by atoms with Crippen LogP contribution in [0.4, 0.5) is 11.4 Å². The van der Waals surface area contributed by atoms with Crippen LogP contribution in [0.5, 0.6) is 0 Å². The molecule has 1 aliphatic heterocycles. The maximum absolute atomic E-state index is 13.4. The monoisotopic (exact) mass is 450 g/mol. The molecule has 1 amide bonds. The molecule has 1 unspecified atom stereocenters. The lowest BCUT2D eigenvalue weighted by Crippen LogP contribution is -2.30. The SMILES string of the molecule is CC(C)(C)c1ccc(C2C=C(Nc3cccc(Cl)c3)C(=O)N2c2cccc(Cl)c2)cc1. The van der Waals surface area contributed by atoms with Crippen molar-refractivity contribution in [1.82, 2.24) is 0 Å². The molecule has 0 spiro atoms. The average molecular weight is 451 g/mol. The van der Waals surface area contributed by atoms with E-state index < -0.39 is 0 Å². The van der Waals surface area contributed by atoms with Crippen LogP contribution in [0.2, 0.25) is 10.0 Å². The standard InChI is InChI=1S/C26H24Cl2N2O/c1-26(2,3)18-12-10-17(11-13-18)24-16-23(29-21-8-4-6-19(27)14-21)25(31)30(24)22-9-5-7-20(28)15-22/h4-16,24,29H,1-3H3. The van der Waals surface area contributed by atoms with Gasteiger partial charge in [-0.15, -0.1) is 0 Å². The Morgan fingerprint density at radius 3 is 2.13 bits per heavy atom. The molecule has 1 N–H and O–H groups in total. The Balaban J connectivity index is 1.74. The summed E-state index contributed by atoms with van der Waals surface area (Å²) >= 11 is 12.3. The summed E-state index contributed by atoms with van der Waals surface area (Å²) in [5, 5.41) is 4.43. The molecular weight excluding hydrogens is 427 g/mol. The Kier molecular flexibility index (Phi) is 5.83. The highest BCUT2D eigenvalue weighted by Crippen LogP contribution is 2.37. The molecule has 3 aromatic carbocycles. The number of halogens is 2. The lowest BCUT2D eigenvalue weighted by Gasteiger charge is -2.26. The van der Waals surface area contributed by atoms with Gasteiger partial charge in [0, 0.05) is 21.4 Å². The number of hydrogen-bond acceptors (Lipinski definition) is 2. The van der Waals surface area contributed by atoms with Crippen LogP contribution in [-0.2, 0) is 10.2 Å². The Hall–Kier alpha value is -2.75. The van der Waals surface area contributed by atoms with E-state index in [4.69, 9.17) is 23.2 Å². The van der Waals surface area contributed by atoms with Crippen LogP contribution in [0.3, 0.4) is 0 Å². The Bertz CT molecular complexity index is 1150. The molecule has 0 radical (unpaired) electrons. The molecule has 0 aliphatic carbocycles. The largest absolute Gasteiger partial charge is 0.351 e. The Morgan fingerprint density at radius 1 is 0.871 bits per heavy atom. The third kappa shape index (κ3) is 4.63. The zero-order valence-corrected chi connectivity index (χ0v) is 19.2. The van der Waals surface area contributed by atoms with E-state index in [1.807, 2.05) is 36.4 Å². The van der Waals surface area contributed by atoms with E-state index >= 15 is 0 Å². The van der Waals surface area contributed by atoms with Crippen molar-refractivity contribution in [3.63, 3.8) is 0 Å². The smallest absolute Gasteiger partial charge is 0.275 e. The van der Waals surface area contributed by atoms with E-state index in [0.29, 0.717) is 15.7 Å². The van der Waals surface area contributed by atoms with Gasteiger partial charge in [-0.1, -0.05) is 80.4 Å². The predicted octanol–water partition coefficient (Wildman–Crippen LogP) is 7.37. The number of benzene rings is 3. The van der Waals surface area contributed by atoms with Crippen molar-refractivity contribution in [2.24, 2.45) is 0 Å². The summed E-state index contributed by atoms with van der Waals surface area (Å²) in [6.45, 7) is 6.56. The van der Waals surface area contributed by atoms with E-state index in [1.165, 1.54) is 5.56 Å². The van der Waals surface area contributed by atoms with Crippen molar-refractivity contribution < 1.29 is 4.79 Å². The first kappa shape index (κ1) is 21.5. The van der Waals surface area contributed by atoms with Gasteiger partial charge >= 0.3 is 0 Å². The number of nitrogens with one attached hydrogen (secondary N) is 1. The number of anilines is 2. The Labute approximate surface area is 193 Å². The van der Waals surface area contributed by atoms with Gasteiger partial charge in [-0.2, -0.15) is 0 Å². The molecule has 0 fully saturated rings. The summed E-state index contributed by atoms with van der Waals surface area (Å²) in [7, 11) is 0. The lowest BCUT2D eigenvalue weighted by atomic mass is 9.86. The first-order valence-corrected chi connectivity index (χ1v) is 10.9. The molecule has 0 aromatic heterocycles. The van der Waals surface area contributed by atoms with Gasteiger partial charge in [-0.05, 0) is 59.0 Å². The molecule has 158 valence electrons. The molecule has 0 saturated carbocycles. The first-order chi connectivity index (χ1) is 14.7. The molecule has 1 heterocycles. The fraction of sp³-hybridized carbons (Fsp3) is 0.192. The van der Waals surface area contributed by atoms with Gasteiger partial charge in [0.05, 0.1) is 6.04 Å². The minimum absolute atomic E-state index is 0.0613. The van der Waals surface area contributed by atoms with Crippen molar-refractivity contribution in [1.29, 1.82) is 0 Å². The van der Waals surface area contributed by atoms with Crippen molar-refractivity contribution >= 4 is 40.5 Å². The van der Waals surface area contributed by atoms with Crippen LogP contribution < -0.4 is 10.2 Å². The second-order valence-corrected chi connectivity index (χ2v) is 9.56. The summed E-state index contributed by atoms with van der Waals surface area (Å²) < 4.78 is 0. The molecule has 1 aliphatic rings. The topological polar surface area (TPSA) is 32.3 Å². The fourth-order valence-corrected chi connectivity index (χ4v) is 4.08. The molecular formula is C26H24Cl2N2O. The number of hydrogen-bond donors (Lipinski definition) is 1. The zero-order valence-electron chi connectivity index (χ0n) is 17.7. The van der Waals surface area contributed by atoms with Gasteiger partial charge in [-0.3, -0.25) is 9.69 Å². The summed E-state index contributed by atoms with van der Waals surface area (Å²) in [5.74, 6) is -0.118. The van der Waals surface area contributed by atoms with Crippen LogP contribution in [0, 0.1) is 0 Å². The fourth-order valence-electron chi connectivity index (χ4n) is 3.71. The van der Waals surface area contributed by atoms with Gasteiger partial charge in [-0.25, -0.2) is 0 Å². The van der Waals surface area contributed by atoms with Crippen molar-refractivity contribution in [3.8, 4) is 0 Å². The number of rotatable bonds is 4. The van der Waals surface area contributed by atoms with Crippen molar-refractivity contribution in [2.75, 3.05) is 10.2 Å². The minimum Gasteiger partial charge on any atom is -0.351 e. The first-order valence-electron chi connectivity index (χ1n) is 10.2. The van der Waals surface area contributed by atoms with E-state index in [1.54, 1.807) is 23.1 Å². The number of carbonyl (C=O) groups is 1. The van der Waals surface area contributed by atoms with Crippen LogP contribution >= 0.6 is 23.2 Å². The molecule has 0 saturated heterocycles. The highest BCUT2D eigenvalue weighted by Gasteiger charge is 2.35. The van der Waals surface area contributed by atoms with Crippen molar-refractivity contribution in [2.45, 2.75) is 32.2 Å². The summed E-state index contributed by atoms with van der Waals surface area (Å²) in [4.78, 5) is 15.2. The van der Waals surface area contributed by atoms with E-state index in [2.05, 4.69) is 50.4 Å². The molecule has 5 heteroatoms. The van der Waals surface area contributed by atoms with Crippen molar-refractivity contribution in [3.05, 3.63) is 106 Å². The van der Waals surface area contributed by atoms with Crippen LogP contribution in [0.1, 0.15) is 37.9 Å². The molecule has 1 atom stereocenters. The third-order valence-electron chi connectivity index (χ3n) is 5.36. The Morgan fingerprint density at radius 2 is 1.52 bits per heavy atom. The highest BCUT2D eigenvalue weighted by atomic mass is 35.5. The van der Waals surface area contributed by atoms with Crippen LogP contribution in [-0.4, -0.2) is 5.91 Å². The third-order valence-corrected chi connectivity index (χ3v) is 5.83. The van der Waals surface area contributed by atoms with Gasteiger partial charge in [0.25, 0.3) is 5.91 Å². The molecule has 3 aromatic rings. The number of nitrogens with zero attached hydrogens (tertiary/aromatic N) is 1. The number of amides is 1. The van der Waals surface area contributed by atoms with Crippen LogP contribution in [0.25, 0.3) is 0 Å². The number of carbonyl (C=O) groups excluding carboxylic acids is 1. The zero-order chi connectivity index (χ0) is 22.2. The molecule has 31 heavy (non-hydrogen) atoms. The second kappa shape index (κ2) is 8.41. The predicted molar refractivity (Wildman–Crippen MR) is 130 cm³/mol. The summed E-state index contributed by atoms with van der Waals surface area (Å²) in [5.41, 5.74) is 4.36. The lowest BCUT2D eigenvalue weighted by molar-refractivity contribution is -0.114. The van der Waals surface area contributed by atoms with Gasteiger partial charge < -0.3 is 5.32 Å². The van der Waals surface area contributed by atoms with E-state index in [9.17, 15) is 4.79 Å². The van der Waals surface area contributed by atoms with E-state index in [0.717, 1.165) is 16.9 Å². The molecule has 3 nitrogen and oxygen atoms in total. The second-order valence-electron chi connectivity index (χ2n) is 8.69. The maximum atomic E-state index is 13.4. The molecule has 4 rings (SSSR count). The normalized spacial score (nSPS) is 16.4. The molecule has 0 bridgehead atoms. The highest BCUT2D eigenvalue weighted by molar-refractivity contribution is 6.31. The average Bonchev–Trinajstić information content (AvgIpc) is 3.03.